The monoisotopic (exact) mass is 498 g/mol. The standard InChI is InChI=1S/C13H13Br3N2O2S/c1-13(2,3)20-12(19)18-7(6-14)10(16)11(17-18)8-4-5-9(15)21-8/h4-5H,6H2,1-3H3. The van der Waals surface area contributed by atoms with E-state index in [1.54, 1.807) is 11.3 Å². The first kappa shape index (κ1) is 17.2. The molecule has 0 spiro atoms. The van der Waals surface area contributed by atoms with Gasteiger partial charge in [0.1, 0.15) is 11.3 Å². The SMILES string of the molecule is CC(C)(C)OC(=O)n1nc(-c2ccc(Br)s2)c(Br)c1CBr. The van der Waals surface area contributed by atoms with Crippen LogP contribution in [-0.2, 0) is 10.1 Å². The fraction of sp³-hybridized carbons (Fsp3) is 0.385. The molecule has 0 atom stereocenters. The summed E-state index contributed by atoms with van der Waals surface area (Å²) in [5, 5.41) is 4.90. The van der Waals surface area contributed by atoms with Crippen LogP contribution in [0.3, 0.4) is 0 Å². The average molecular weight is 501 g/mol. The number of thiophene rings is 1. The Balaban J connectivity index is 2.46. The van der Waals surface area contributed by atoms with E-state index in [0.717, 1.165) is 24.5 Å². The van der Waals surface area contributed by atoms with Crippen LogP contribution in [0.15, 0.2) is 20.4 Å². The van der Waals surface area contributed by atoms with E-state index in [-0.39, 0.29) is 0 Å². The van der Waals surface area contributed by atoms with Crippen LogP contribution in [0.25, 0.3) is 10.6 Å². The van der Waals surface area contributed by atoms with Crippen molar-refractivity contribution in [1.29, 1.82) is 0 Å². The van der Waals surface area contributed by atoms with Crippen molar-refractivity contribution >= 4 is 65.2 Å². The third-order valence-electron chi connectivity index (χ3n) is 2.42. The molecule has 0 N–H and O–H groups in total. The van der Waals surface area contributed by atoms with E-state index in [1.165, 1.54) is 4.68 Å². The molecule has 0 aromatic carbocycles. The van der Waals surface area contributed by atoms with Crippen molar-refractivity contribution in [3.8, 4) is 10.6 Å². The van der Waals surface area contributed by atoms with E-state index in [9.17, 15) is 4.79 Å². The molecule has 8 heteroatoms. The summed E-state index contributed by atoms with van der Waals surface area (Å²) in [6.45, 7) is 5.48. The summed E-state index contributed by atoms with van der Waals surface area (Å²) in [6.07, 6.45) is -0.487. The van der Waals surface area contributed by atoms with Crippen molar-refractivity contribution < 1.29 is 9.53 Å². The summed E-state index contributed by atoms with van der Waals surface area (Å²) in [4.78, 5) is 13.2. The second-order valence-electron chi connectivity index (χ2n) is 5.24. The van der Waals surface area contributed by atoms with E-state index in [1.807, 2.05) is 32.9 Å². The van der Waals surface area contributed by atoms with Crippen molar-refractivity contribution in [2.75, 3.05) is 0 Å². The van der Waals surface area contributed by atoms with E-state index in [2.05, 4.69) is 52.9 Å². The Kier molecular flexibility index (Phi) is 5.33. The van der Waals surface area contributed by atoms with Crippen LogP contribution in [0.1, 0.15) is 26.5 Å². The predicted octanol–water partition coefficient (Wildman–Crippen LogP) is 5.81. The van der Waals surface area contributed by atoms with Gasteiger partial charge in [0.05, 0.1) is 18.8 Å². The third-order valence-corrected chi connectivity index (χ3v) is 5.41. The fourth-order valence-electron chi connectivity index (χ4n) is 1.60. The molecule has 0 saturated heterocycles. The summed E-state index contributed by atoms with van der Waals surface area (Å²) >= 11 is 11.9. The van der Waals surface area contributed by atoms with Crippen molar-refractivity contribution in [3.63, 3.8) is 0 Å². The zero-order chi connectivity index (χ0) is 15.8. The molecule has 2 rings (SSSR count). The Morgan fingerprint density at radius 1 is 1.38 bits per heavy atom. The van der Waals surface area contributed by atoms with Crippen molar-refractivity contribution in [2.45, 2.75) is 31.7 Å². The second-order valence-corrected chi connectivity index (χ2v) is 9.06. The molecule has 0 amide bonds. The minimum Gasteiger partial charge on any atom is -0.442 e. The molecular formula is C13H13Br3N2O2S. The zero-order valence-corrected chi connectivity index (χ0v) is 17.2. The highest BCUT2D eigenvalue weighted by molar-refractivity contribution is 9.11. The normalized spacial score (nSPS) is 11.7. The Morgan fingerprint density at radius 3 is 2.52 bits per heavy atom. The van der Waals surface area contributed by atoms with E-state index in [0.29, 0.717) is 5.33 Å². The van der Waals surface area contributed by atoms with Crippen LogP contribution >= 0.6 is 59.1 Å². The highest BCUT2D eigenvalue weighted by Crippen LogP contribution is 2.37. The minimum atomic E-state index is -0.564. The average Bonchev–Trinajstić information content (AvgIpc) is 2.90. The van der Waals surface area contributed by atoms with Crippen molar-refractivity contribution in [3.05, 3.63) is 26.1 Å². The Morgan fingerprint density at radius 2 is 2.05 bits per heavy atom. The smallest absolute Gasteiger partial charge is 0.435 e. The molecule has 0 aliphatic heterocycles. The lowest BCUT2D eigenvalue weighted by Gasteiger charge is -2.19. The van der Waals surface area contributed by atoms with Crippen molar-refractivity contribution in [1.82, 2.24) is 9.78 Å². The fourth-order valence-corrected chi connectivity index (χ4v) is 4.61. The van der Waals surface area contributed by atoms with Crippen LogP contribution in [0.2, 0.25) is 0 Å². The maximum absolute atomic E-state index is 12.3. The van der Waals surface area contributed by atoms with Gasteiger partial charge in [0.15, 0.2) is 0 Å². The summed E-state index contributed by atoms with van der Waals surface area (Å²) in [6, 6.07) is 3.91. The van der Waals surface area contributed by atoms with Crippen molar-refractivity contribution in [2.24, 2.45) is 0 Å². The molecule has 2 aromatic heterocycles. The third kappa shape index (κ3) is 3.97. The highest BCUT2D eigenvalue weighted by atomic mass is 79.9. The molecule has 114 valence electrons. The lowest BCUT2D eigenvalue weighted by atomic mass is 10.2. The van der Waals surface area contributed by atoms with Gasteiger partial charge in [-0.05, 0) is 64.8 Å². The summed E-state index contributed by atoms with van der Waals surface area (Å²) in [7, 11) is 0. The Bertz CT molecular complexity index is 673. The first-order valence-electron chi connectivity index (χ1n) is 6.05. The molecule has 0 bridgehead atoms. The largest absolute Gasteiger partial charge is 0.442 e. The number of carbonyl (C=O) groups excluding carboxylic acids is 1. The lowest BCUT2D eigenvalue weighted by Crippen LogP contribution is -2.28. The van der Waals surface area contributed by atoms with Gasteiger partial charge in [-0.3, -0.25) is 0 Å². The zero-order valence-electron chi connectivity index (χ0n) is 11.6. The number of halogens is 3. The quantitative estimate of drug-likeness (QED) is 0.488. The van der Waals surface area contributed by atoms with Crippen LogP contribution in [0.4, 0.5) is 4.79 Å². The minimum absolute atomic E-state index is 0.487. The molecule has 0 fully saturated rings. The number of hydrogen-bond donors (Lipinski definition) is 0. The number of aromatic nitrogens is 2. The Labute approximate surface area is 152 Å². The maximum atomic E-state index is 12.3. The second kappa shape index (κ2) is 6.52. The van der Waals surface area contributed by atoms with E-state index >= 15 is 0 Å². The van der Waals surface area contributed by atoms with Crippen LogP contribution < -0.4 is 0 Å². The molecule has 0 unspecified atom stereocenters. The van der Waals surface area contributed by atoms with Gasteiger partial charge in [0.25, 0.3) is 0 Å². The molecule has 2 aromatic rings. The molecule has 4 nitrogen and oxygen atoms in total. The van der Waals surface area contributed by atoms with Gasteiger partial charge >= 0.3 is 6.09 Å². The highest BCUT2D eigenvalue weighted by Gasteiger charge is 2.25. The van der Waals surface area contributed by atoms with E-state index in [4.69, 9.17) is 4.74 Å². The first-order chi connectivity index (χ1) is 9.73. The summed E-state index contributed by atoms with van der Waals surface area (Å²) in [5.74, 6) is 0. The molecule has 0 saturated carbocycles. The topological polar surface area (TPSA) is 44.1 Å². The van der Waals surface area contributed by atoms with Gasteiger partial charge < -0.3 is 4.74 Å². The predicted molar refractivity (Wildman–Crippen MR) is 95.2 cm³/mol. The van der Waals surface area contributed by atoms with Crippen LogP contribution in [0.5, 0.6) is 0 Å². The molecule has 2 heterocycles. The number of ether oxygens (including phenoxy) is 1. The number of carbonyl (C=O) groups is 1. The molecule has 0 aliphatic carbocycles. The van der Waals surface area contributed by atoms with Crippen LogP contribution in [0, 0.1) is 0 Å². The molecule has 0 radical (unpaired) electrons. The number of hydrogen-bond acceptors (Lipinski definition) is 4. The number of nitrogens with zero attached hydrogens (tertiary/aromatic N) is 2. The lowest BCUT2D eigenvalue weighted by molar-refractivity contribution is 0.0511. The van der Waals surface area contributed by atoms with Crippen LogP contribution in [-0.4, -0.2) is 21.5 Å². The first-order valence-corrected chi connectivity index (χ1v) is 9.57. The maximum Gasteiger partial charge on any atom is 0.435 e. The van der Waals surface area contributed by atoms with Gasteiger partial charge in [-0.25, -0.2) is 4.79 Å². The van der Waals surface area contributed by atoms with E-state index < -0.39 is 11.7 Å². The molecular weight excluding hydrogens is 488 g/mol. The summed E-state index contributed by atoms with van der Waals surface area (Å²) < 4.78 is 8.49. The van der Waals surface area contributed by atoms with Gasteiger partial charge in [-0.15, -0.1) is 11.3 Å². The number of rotatable bonds is 2. The summed E-state index contributed by atoms with van der Waals surface area (Å²) in [5.41, 5.74) is 0.889. The Hall–Kier alpha value is -0.180. The van der Waals surface area contributed by atoms with Gasteiger partial charge in [-0.1, -0.05) is 15.9 Å². The molecule has 21 heavy (non-hydrogen) atoms. The number of alkyl halides is 1. The molecule has 0 aliphatic rings. The van der Waals surface area contributed by atoms with Gasteiger partial charge in [0, 0.05) is 5.33 Å². The van der Waals surface area contributed by atoms with Gasteiger partial charge in [-0.2, -0.15) is 9.78 Å². The van der Waals surface area contributed by atoms with Gasteiger partial charge in [0.2, 0.25) is 0 Å².